The van der Waals surface area contributed by atoms with Crippen LogP contribution in [0.25, 0.3) is 0 Å². The Hall–Kier alpha value is -1.70. The van der Waals surface area contributed by atoms with E-state index in [2.05, 4.69) is 0 Å². The van der Waals surface area contributed by atoms with Crippen molar-refractivity contribution < 1.29 is 54.3 Å². The maximum atomic E-state index is 10.7. The van der Waals surface area contributed by atoms with Crippen molar-refractivity contribution in [3.8, 4) is 17.2 Å². The molecule has 29 heavy (non-hydrogen) atoms. The highest BCUT2D eigenvalue weighted by Gasteiger charge is 2.45. The molecule has 2 rings (SSSR count). The molecule has 7 unspecified atom stereocenters. The van der Waals surface area contributed by atoms with Gasteiger partial charge in [0.1, 0.15) is 36.6 Å². The lowest BCUT2D eigenvalue weighted by molar-refractivity contribution is -0.319. The van der Waals surface area contributed by atoms with Crippen molar-refractivity contribution in [2.75, 3.05) is 34.5 Å². The van der Waals surface area contributed by atoms with Gasteiger partial charge in [0.05, 0.1) is 34.5 Å². The van der Waals surface area contributed by atoms with Crippen LogP contribution in [0.15, 0.2) is 12.1 Å². The first-order valence-electron chi connectivity index (χ1n) is 8.87. The molecule has 1 aliphatic heterocycles. The molecule has 0 aliphatic carbocycles. The Morgan fingerprint density at radius 2 is 1.52 bits per heavy atom. The zero-order chi connectivity index (χ0) is 21.7. The van der Waals surface area contributed by atoms with Gasteiger partial charge in [-0.25, -0.2) is 0 Å². The summed E-state index contributed by atoms with van der Waals surface area (Å²) in [5.41, 5.74) is 0.253. The Bertz CT molecular complexity index is 628. The first kappa shape index (κ1) is 23.6. The van der Waals surface area contributed by atoms with Crippen LogP contribution in [0.1, 0.15) is 11.7 Å². The largest absolute Gasteiger partial charge is 0.493 e. The van der Waals surface area contributed by atoms with Crippen molar-refractivity contribution in [1.82, 2.24) is 0 Å². The Balaban J connectivity index is 2.25. The zero-order valence-corrected chi connectivity index (χ0v) is 16.3. The molecule has 1 heterocycles. The van der Waals surface area contributed by atoms with E-state index in [-0.39, 0.29) is 17.1 Å². The predicted octanol–water partition coefficient (Wildman–Crippen LogP) is -2.08. The van der Waals surface area contributed by atoms with Crippen LogP contribution in [-0.4, -0.2) is 102 Å². The van der Waals surface area contributed by atoms with Gasteiger partial charge in [-0.2, -0.15) is 0 Å². The molecular weight excluding hydrogens is 392 g/mol. The van der Waals surface area contributed by atoms with Gasteiger partial charge in [-0.15, -0.1) is 0 Å². The van der Waals surface area contributed by atoms with Crippen molar-refractivity contribution in [2.45, 2.75) is 42.9 Å². The lowest BCUT2D eigenvalue weighted by atomic mass is 9.99. The Morgan fingerprint density at radius 3 is 1.97 bits per heavy atom. The third kappa shape index (κ3) is 4.90. The van der Waals surface area contributed by atoms with Gasteiger partial charge in [-0.05, 0) is 17.7 Å². The summed E-state index contributed by atoms with van der Waals surface area (Å²) in [6.45, 7) is -1.31. The standard InChI is InChI=1S/C18H28O11/c1-25-9-4-8(5-10(26-2)17(9)27-3)13(21)11(6-19)28-18-16(24)15(23)14(22)12(7-20)29-18/h4-5,11-16,18-24H,6-7H2,1-3H3. The number of rotatable bonds is 9. The molecule has 1 aromatic rings. The van der Waals surface area contributed by atoms with E-state index in [9.17, 15) is 30.6 Å². The highest BCUT2D eigenvalue weighted by molar-refractivity contribution is 5.54. The summed E-state index contributed by atoms with van der Waals surface area (Å²) >= 11 is 0. The van der Waals surface area contributed by atoms with Crippen molar-refractivity contribution in [3.63, 3.8) is 0 Å². The van der Waals surface area contributed by atoms with E-state index in [0.717, 1.165) is 0 Å². The Labute approximate surface area is 167 Å². The number of benzene rings is 1. The van der Waals surface area contributed by atoms with E-state index in [1.54, 1.807) is 0 Å². The molecule has 11 heteroatoms. The Kier molecular flexibility index (Phi) is 8.43. The molecule has 1 aliphatic rings. The van der Waals surface area contributed by atoms with E-state index in [0.29, 0.717) is 5.75 Å². The van der Waals surface area contributed by atoms with Crippen LogP contribution in [-0.2, 0) is 9.47 Å². The maximum absolute atomic E-state index is 10.7. The molecule has 0 spiro atoms. The van der Waals surface area contributed by atoms with E-state index in [1.807, 2.05) is 0 Å². The quantitative estimate of drug-likeness (QED) is 0.259. The minimum Gasteiger partial charge on any atom is -0.493 e. The number of hydrogen-bond acceptors (Lipinski definition) is 11. The van der Waals surface area contributed by atoms with Crippen molar-refractivity contribution in [3.05, 3.63) is 17.7 Å². The van der Waals surface area contributed by atoms with Crippen LogP contribution in [0, 0.1) is 0 Å². The fourth-order valence-electron chi connectivity index (χ4n) is 3.06. The van der Waals surface area contributed by atoms with Crippen molar-refractivity contribution in [1.29, 1.82) is 0 Å². The second-order valence-electron chi connectivity index (χ2n) is 6.46. The molecule has 0 radical (unpaired) electrons. The molecule has 7 atom stereocenters. The third-order valence-corrected chi connectivity index (χ3v) is 4.72. The fourth-order valence-corrected chi connectivity index (χ4v) is 3.06. The summed E-state index contributed by atoms with van der Waals surface area (Å²) in [5, 5.41) is 59.4. The molecule has 11 nitrogen and oxygen atoms in total. The van der Waals surface area contributed by atoms with E-state index in [1.165, 1.54) is 33.5 Å². The zero-order valence-electron chi connectivity index (χ0n) is 16.3. The number of hydrogen-bond donors (Lipinski definition) is 6. The summed E-state index contributed by atoms with van der Waals surface area (Å²) < 4.78 is 26.4. The van der Waals surface area contributed by atoms with Crippen molar-refractivity contribution in [2.24, 2.45) is 0 Å². The van der Waals surface area contributed by atoms with Gasteiger partial charge < -0.3 is 54.3 Å². The van der Waals surface area contributed by atoms with Crippen LogP contribution in [0.4, 0.5) is 0 Å². The molecule has 0 amide bonds. The summed E-state index contributed by atoms with van der Waals surface area (Å²) in [6.07, 6.45) is -10.3. The summed E-state index contributed by atoms with van der Waals surface area (Å²) in [6, 6.07) is 2.93. The smallest absolute Gasteiger partial charge is 0.203 e. The number of aliphatic hydroxyl groups excluding tert-OH is 6. The molecule has 1 aromatic carbocycles. The second kappa shape index (κ2) is 10.4. The average molecular weight is 420 g/mol. The summed E-state index contributed by atoms with van der Waals surface area (Å²) in [5.74, 6) is 0.845. The summed E-state index contributed by atoms with van der Waals surface area (Å²) in [7, 11) is 4.23. The average Bonchev–Trinajstić information content (AvgIpc) is 2.75. The van der Waals surface area contributed by atoms with Crippen LogP contribution < -0.4 is 14.2 Å². The molecule has 6 N–H and O–H groups in total. The lowest BCUT2D eigenvalue weighted by Crippen LogP contribution is -2.60. The highest BCUT2D eigenvalue weighted by atomic mass is 16.7. The third-order valence-electron chi connectivity index (χ3n) is 4.72. The van der Waals surface area contributed by atoms with Gasteiger partial charge in [-0.3, -0.25) is 0 Å². The fraction of sp³-hybridized carbons (Fsp3) is 0.667. The van der Waals surface area contributed by atoms with Crippen molar-refractivity contribution >= 4 is 0 Å². The maximum Gasteiger partial charge on any atom is 0.203 e. The van der Waals surface area contributed by atoms with Crippen LogP contribution in [0.3, 0.4) is 0 Å². The van der Waals surface area contributed by atoms with Gasteiger partial charge >= 0.3 is 0 Å². The summed E-state index contributed by atoms with van der Waals surface area (Å²) in [4.78, 5) is 0. The second-order valence-corrected chi connectivity index (χ2v) is 6.46. The minimum atomic E-state index is -1.67. The first-order valence-corrected chi connectivity index (χ1v) is 8.87. The Morgan fingerprint density at radius 1 is 0.931 bits per heavy atom. The van der Waals surface area contributed by atoms with Crippen LogP contribution in [0.5, 0.6) is 17.2 Å². The predicted molar refractivity (Wildman–Crippen MR) is 96.8 cm³/mol. The lowest BCUT2D eigenvalue weighted by Gasteiger charge is -2.41. The van der Waals surface area contributed by atoms with Gasteiger partial charge in [0.2, 0.25) is 5.75 Å². The minimum absolute atomic E-state index is 0.253. The monoisotopic (exact) mass is 420 g/mol. The number of methoxy groups -OCH3 is 3. The van der Waals surface area contributed by atoms with E-state index in [4.69, 9.17) is 23.7 Å². The molecule has 0 bridgehead atoms. The van der Waals surface area contributed by atoms with Crippen LogP contribution in [0.2, 0.25) is 0 Å². The molecule has 166 valence electrons. The molecule has 0 saturated carbocycles. The highest BCUT2D eigenvalue weighted by Crippen LogP contribution is 2.40. The van der Waals surface area contributed by atoms with E-state index < -0.39 is 56.1 Å². The van der Waals surface area contributed by atoms with Gasteiger partial charge in [0.15, 0.2) is 17.8 Å². The van der Waals surface area contributed by atoms with Gasteiger partial charge in [-0.1, -0.05) is 0 Å². The van der Waals surface area contributed by atoms with Gasteiger partial charge in [0.25, 0.3) is 0 Å². The topological polar surface area (TPSA) is 168 Å². The van der Waals surface area contributed by atoms with E-state index >= 15 is 0 Å². The van der Waals surface area contributed by atoms with Gasteiger partial charge in [0, 0.05) is 0 Å². The first-order chi connectivity index (χ1) is 13.8. The molecule has 0 aromatic heterocycles. The molecular formula is C18H28O11. The normalized spacial score (nSPS) is 29.2. The molecule has 1 fully saturated rings. The number of ether oxygens (including phenoxy) is 5. The SMILES string of the molecule is COc1cc(C(O)C(CO)OC2OC(CO)C(O)C(O)C2O)cc(OC)c1OC. The molecule has 1 saturated heterocycles. The van der Waals surface area contributed by atoms with Crippen LogP contribution >= 0.6 is 0 Å². The number of aliphatic hydroxyl groups is 6.